The second-order valence-electron chi connectivity index (χ2n) is 6.58. The van der Waals surface area contributed by atoms with E-state index in [1.165, 1.54) is 0 Å². The van der Waals surface area contributed by atoms with E-state index >= 15 is 0 Å². The van der Waals surface area contributed by atoms with E-state index in [1.54, 1.807) is 6.20 Å². The quantitative estimate of drug-likeness (QED) is 0.757. The summed E-state index contributed by atoms with van der Waals surface area (Å²) in [4.78, 5) is 8.77. The molecule has 0 aromatic carbocycles. The van der Waals surface area contributed by atoms with E-state index in [-0.39, 0.29) is 11.8 Å². The lowest BCUT2D eigenvalue weighted by atomic mass is 10.0. The van der Waals surface area contributed by atoms with Gasteiger partial charge in [0.2, 0.25) is 10.0 Å². The molecule has 0 spiro atoms. The van der Waals surface area contributed by atoms with Crippen molar-refractivity contribution in [1.82, 2.24) is 19.5 Å². The molecule has 0 unspecified atom stereocenters. The minimum Gasteiger partial charge on any atom is -0.309 e. The highest BCUT2D eigenvalue weighted by Gasteiger charge is 2.35. The zero-order valence-electron chi connectivity index (χ0n) is 14.3. The first-order valence-corrected chi connectivity index (χ1v) is 9.82. The molecule has 1 aromatic heterocycles. The average Bonchev–Trinajstić information content (AvgIpc) is 2.79. The Kier molecular flexibility index (Phi) is 6.52. The van der Waals surface area contributed by atoms with Gasteiger partial charge < -0.3 is 4.90 Å². The van der Waals surface area contributed by atoms with Gasteiger partial charge in [-0.1, -0.05) is 13.0 Å². The van der Waals surface area contributed by atoms with Gasteiger partial charge in [-0.3, -0.25) is 9.88 Å². The first-order valence-electron chi connectivity index (χ1n) is 8.16. The maximum atomic E-state index is 12.1. The van der Waals surface area contributed by atoms with Gasteiger partial charge in [-0.25, -0.2) is 13.1 Å². The highest BCUT2D eigenvalue weighted by Crippen LogP contribution is 2.20. The normalized spacial score (nSPS) is 22.8. The number of hydrogen-bond donors (Lipinski definition) is 1. The van der Waals surface area contributed by atoms with E-state index in [0.29, 0.717) is 12.3 Å². The molecule has 0 radical (unpaired) electrons. The summed E-state index contributed by atoms with van der Waals surface area (Å²) in [5, 5.41) is 0. The summed E-state index contributed by atoms with van der Waals surface area (Å²) < 4.78 is 27.2. The molecule has 1 N–H and O–H groups in total. The van der Waals surface area contributed by atoms with Crippen LogP contribution in [0.25, 0.3) is 0 Å². The van der Waals surface area contributed by atoms with Gasteiger partial charge in [-0.05, 0) is 32.6 Å². The molecule has 2 heterocycles. The van der Waals surface area contributed by atoms with Gasteiger partial charge in [0.25, 0.3) is 0 Å². The van der Waals surface area contributed by atoms with Crippen LogP contribution in [0.4, 0.5) is 0 Å². The molecule has 1 aromatic rings. The van der Waals surface area contributed by atoms with Gasteiger partial charge in [-0.2, -0.15) is 0 Å². The van der Waals surface area contributed by atoms with E-state index in [0.717, 1.165) is 31.9 Å². The maximum absolute atomic E-state index is 12.1. The van der Waals surface area contributed by atoms with E-state index in [2.05, 4.69) is 19.5 Å². The Morgan fingerprint density at radius 1 is 1.35 bits per heavy atom. The average molecular weight is 340 g/mol. The third-order valence-electron chi connectivity index (χ3n) is 4.03. The van der Waals surface area contributed by atoms with Crippen LogP contribution in [0.3, 0.4) is 0 Å². The molecular formula is C16H28N4O2S. The molecule has 1 aliphatic rings. The van der Waals surface area contributed by atoms with Gasteiger partial charge in [0.05, 0.1) is 11.4 Å². The lowest BCUT2D eigenvalue weighted by molar-refractivity contribution is 0.282. The number of sulfonamides is 1. The molecular weight excluding hydrogens is 312 g/mol. The number of nitrogens with one attached hydrogen (secondary N) is 1. The highest BCUT2D eigenvalue weighted by molar-refractivity contribution is 7.89. The lowest BCUT2D eigenvalue weighted by Gasteiger charge is -2.22. The van der Waals surface area contributed by atoms with Crippen LogP contribution in [0.1, 0.15) is 19.0 Å². The van der Waals surface area contributed by atoms with Gasteiger partial charge >= 0.3 is 0 Å². The molecule has 0 bridgehead atoms. The third kappa shape index (κ3) is 5.84. The Morgan fingerprint density at radius 3 is 2.74 bits per heavy atom. The second kappa shape index (κ2) is 8.19. The molecule has 0 aliphatic carbocycles. The van der Waals surface area contributed by atoms with Crippen molar-refractivity contribution >= 4 is 10.0 Å². The number of hydrogen-bond acceptors (Lipinski definition) is 5. The Labute approximate surface area is 139 Å². The molecule has 6 nitrogen and oxygen atoms in total. The summed E-state index contributed by atoms with van der Waals surface area (Å²) >= 11 is 0. The van der Waals surface area contributed by atoms with E-state index in [9.17, 15) is 8.42 Å². The number of pyridine rings is 1. The van der Waals surface area contributed by atoms with Crippen LogP contribution < -0.4 is 4.72 Å². The molecule has 23 heavy (non-hydrogen) atoms. The van der Waals surface area contributed by atoms with E-state index < -0.39 is 10.0 Å². The summed E-state index contributed by atoms with van der Waals surface area (Å²) in [6.07, 6.45) is 2.43. The molecule has 0 amide bonds. The summed E-state index contributed by atoms with van der Waals surface area (Å²) in [5.41, 5.74) is 1.02. The van der Waals surface area contributed by atoms with Crippen LogP contribution in [0.15, 0.2) is 24.4 Å². The van der Waals surface area contributed by atoms with Crippen LogP contribution in [0.5, 0.6) is 0 Å². The second-order valence-corrected chi connectivity index (χ2v) is 8.45. The van der Waals surface area contributed by atoms with Crippen molar-refractivity contribution in [1.29, 1.82) is 0 Å². The fourth-order valence-corrected chi connectivity index (χ4v) is 4.54. The van der Waals surface area contributed by atoms with Gasteiger partial charge in [0, 0.05) is 44.3 Å². The lowest BCUT2D eigenvalue weighted by Crippen LogP contribution is -2.44. The first-order chi connectivity index (χ1) is 10.9. The van der Waals surface area contributed by atoms with Gasteiger partial charge in [0.15, 0.2) is 0 Å². The van der Waals surface area contributed by atoms with E-state index in [1.807, 2.05) is 39.2 Å². The molecule has 1 aliphatic heterocycles. The van der Waals surface area contributed by atoms with Crippen LogP contribution in [-0.2, 0) is 16.6 Å². The minimum absolute atomic E-state index is 0.0299. The predicted molar refractivity (Wildman–Crippen MR) is 92.6 cm³/mol. The molecule has 2 rings (SSSR count). The molecule has 1 fully saturated rings. The van der Waals surface area contributed by atoms with Crippen LogP contribution in [0.2, 0.25) is 0 Å². The minimum atomic E-state index is -3.19. The van der Waals surface area contributed by atoms with Gasteiger partial charge in [0.1, 0.15) is 0 Å². The summed E-state index contributed by atoms with van der Waals surface area (Å²) in [7, 11) is 0.863. The largest absolute Gasteiger partial charge is 0.309 e. The Balaban J connectivity index is 2.03. The maximum Gasteiger partial charge on any atom is 0.211 e. The zero-order valence-corrected chi connectivity index (χ0v) is 15.1. The monoisotopic (exact) mass is 340 g/mol. The van der Waals surface area contributed by atoms with Crippen molar-refractivity contribution in [2.24, 2.45) is 5.92 Å². The predicted octanol–water partition coefficient (Wildman–Crippen LogP) is 0.773. The Hall–Kier alpha value is -1.02. The van der Waals surface area contributed by atoms with Crippen molar-refractivity contribution < 1.29 is 8.42 Å². The van der Waals surface area contributed by atoms with Gasteiger partial charge in [-0.15, -0.1) is 0 Å². The number of likely N-dealkylation sites (tertiary alicyclic amines) is 1. The van der Waals surface area contributed by atoms with Crippen molar-refractivity contribution in [3.63, 3.8) is 0 Å². The van der Waals surface area contributed by atoms with Crippen LogP contribution in [-0.4, -0.2) is 68.7 Å². The molecule has 2 atom stereocenters. The van der Waals surface area contributed by atoms with Crippen LogP contribution >= 0.6 is 0 Å². The number of rotatable bonds is 8. The number of aromatic nitrogens is 1. The standard InChI is InChI=1S/C16H28N4O2S/c1-4-9-23(21,22)18-16-13-20(11-14(16)10-19(2)3)12-15-7-5-6-8-17-15/h5-8,14,16,18H,4,9-13H2,1-3H3/t14-,16-/m1/s1. The zero-order chi connectivity index (χ0) is 16.9. The topological polar surface area (TPSA) is 65.5 Å². The fraction of sp³-hybridized carbons (Fsp3) is 0.688. The number of nitrogens with zero attached hydrogens (tertiary/aromatic N) is 3. The van der Waals surface area contributed by atoms with Crippen molar-refractivity contribution in [2.45, 2.75) is 25.9 Å². The molecule has 130 valence electrons. The fourth-order valence-electron chi connectivity index (χ4n) is 3.16. The highest BCUT2D eigenvalue weighted by atomic mass is 32.2. The Morgan fingerprint density at radius 2 is 2.13 bits per heavy atom. The summed E-state index contributed by atoms with van der Waals surface area (Å²) in [6, 6.07) is 5.87. The van der Waals surface area contributed by atoms with Crippen LogP contribution in [0, 0.1) is 5.92 Å². The smallest absolute Gasteiger partial charge is 0.211 e. The van der Waals surface area contributed by atoms with E-state index in [4.69, 9.17) is 0 Å². The van der Waals surface area contributed by atoms with Crippen molar-refractivity contribution in [3.8, 4) is 0 Å². The summed E-state index contributed by atoms with van der Waals surface area (Å²) in [6.45, 7) is 5.14. The molecule has 7 heteroatoms. The first kappa shape index (κ1) is 18.3. The molecule has 1 saturated heterocycles. The Bertz CT molecular complexity index is 577. The molecule has 0 saturated carbocycles. The SMILES string of the molecule is CCCS(=O)(=O)N[C@@H]1CN(Cc2ccccn2)C[C@H]1CN(C)C. The summed E-state index contributed by atoms with van der Waals surface area (Å²) in [5.74, 6) is 0.485. The van der Waals surface area contributed by atoms with Crippen molar-refractivity contribution in [2.75, 3.05) is 39.5 Å². The third-order valence-corrected chi connectivity index (χ3v) is 5.64. The van der Waals surface area contributed by atoms with Crippen molar-refractivity contribution in [3.05, 3.63) is 30.1 Å².